The molecule has 0 amide bonds. The summed E-state index contributed by atoms with van der Waals surface area (Å²) in [5.41, 5.74) is 6.14. The van der Waals surface area contributed by atoms with Gasteiger partial charge in [0.05, 0.1) is 4.90 Å². The van der Waals surface area contributed by atoms with E-state index >= 15 is 0 Å². The van der Waals surface area contributed by atoms with Gasteiger partial charge in [0, 0.05) is 12.8 Å². The summed E-state index contributed by atoms with van der Waals surface area (Å²) < 4.78 is 22.4. The Kier molecular flexibility index (Phi) is 3.43. The first-order chi connectivity index (χ1) is 6.54. The maximum Gasteiger partial charge on any atom is 0.175 e. The molecule has 1 rings (SSSR count). The Bertz CT molecular complexity index is 435. The molecule has 0 spiro atoms. The summed E-state index contributed by atoms with van der Waals surface area (Å²) in [4.78, 5) is 0.330. The van der Waals surface area contributed by atoms with Crippen LogP contribution in [0.5, 0.6) is 0 Å². The van der Waals surface area contributed by atoms with Crippen molar-refractivity contribution in [3.63, 3.8) is 0 Å². The van der Waals surface area contributed by atoms with Crippen LogP contribution in [0.2, 0.25) is 0 Å². The van der Waals surface area contributed by atoms with Gasteiger partial charge >= 0.3 is 0 Å². The fourth-order valence-electron chi connectivity index (χ4n) is 1.05. The van der Waals surface area contributed by atoms with Crippen LogP contribution < -0.4 is 5.73 Å². The predicted molar refractivity (Wildman–Crippen MR) is 57.6 cm³/mol. The number of rotatable bonds is 3. The molecule has 0 bridgehead atoms. The van der Waals surface area contributed by atoms with E-state index in [2.05, 4.69) is 0 Å². The summed E-state index contributed by atoms with van der Waals surface area (Å²) in [7, 11) is -3.12. The minimum Gasteiger partial charge on any atom is -0.327 e. The second-order valence-electron chi connectivity index (χ2n) is 2.98. The van der Waals surface area contributed by atoms with E-state index in [0.29, 0.717) is 11.4 Å². The van der Waals surface area contributed by atoms with Crippen LogP contribution in [0.25, 0.3) is 6.08 Å². The topological polar surface area (TPSA) is 60.2 Å². The lowest BCUT2D eigenvalue weighted by Gasteiger charge is -1.99. The van der Waals surface area contributed by atoms with Crippen LogP contribution in [0.4, 0.5) is 0 Å². The van der Waals surface area contributed by atoms with E-state index in [-0.39, 0.29) is 0 Å². The number of nitrogens with two attached hydrogens (primary N) is 1. The van der Waals surface area contributed by atoms with Gasteiger partial charge in [0.25, 0.3) is 0 Å². The molecule has 4 heteroatoms. The maximum atomic E-state index is 11.2. The van der Waals surface area contributed by atoms with Crippen LogP contribution in [0.3, 0.4) is 0 Å². The minimum absolute atomic E-state index is 0.330. The van der Waals surface area contributed by atoms with Crippen LogP contribution >= 0.6 is 0 Å². The molecular weight excluding hydrogens is 198 g/mol. The average Bonchev–Trinajstić information content (AvgIpc) is 2.14. The van der Waals surface area contributed by atoms with E-state index in [4.69, 9.17) is 5.73 Å². The van der Waals surface area contributed by atoms with Crippen LogP contribution in [-0.2, 0) is 9.84 Å². The second kappa shape index (κ2) is 4.39. The highest BCUT2D eigenvalue weighted by atomic mass is 32.2. The molecule has 14 heavy (non-hydrogen) atoms. The fourth-order valence-corrected chi connectivity index (χ4v) is 1.73. The number of benzene rings is 1. The van der Waals surface area contributed by atoms with Crippen molar-refractivity contribution in [2.24, 2.45) is 5.73 Å². The van der Waals surface area contributed by atoms with Crippen molar-refractivity contribution in [3.05, 3.63) is 35.9 Å². The molecule has 0 saturated carbocycles. The Morgan fingerprint density at radius 1 is 1.43 bits per heavy atom. The summed E-state index contributed by atoms with van der Waals surface area (Å²) in [6, 6.07) is 6.75. The van der Waals surface area contributed by atoms with Gasteiger partial charge in [-0.25, -0.2) is 8.42 Å². The molecule has 76 valence electrons. The highest BCUT2D eigenvalue weighted by molar-refractivity contribution is 7.90. The van der Waals surface area contributed by atoms with E-state index < -0.39 is 9.84 Å². The minimum atomic E-state index is -3.12. The van der Waals surface area contributed by atoms with Crippen molar-refractivity contribution in [1.29, 1.82) is 0 Å². The third-order valence-electron chi connectivity index (χ3n) is 1.73. The van der Waals surface area contributed by atoms with E-state index in [1.54, 1.807) is 30.4 Å². The fraction of sp³-hybridized carbons (Fsp3) is 0.200. The molecule has 0 aliphatic carbocycles. The summed E-state index contributed by atoms with van der Waals surface area (Å²) >= 11 is 0. The molecule has 2 N–H and O–H groups in total. The Morgan fingerprint density at radius 3 is 2.71 bits per heavy atom. The SMILES string of the molecule is CS(=O)(=O)c1cccc(C=CCN)c1. The van der Waals surface area contributed by atoms with Gasteiger partial charge in [-0.15, -0.1) is 0 Å². The van der Waals surface area contributed by atoms with E-state index in [1.807, 2.05) is 6.07 Å². The second-order valence-corrected chi connectivity index (χ2v) is 5.00. The van der Waals surface area contributed by atoms with Gasteiger partial charge in [-0.2, -0.15) is 0 Å². The highest BCUT2D eigenvalue weighted by Gasteiger charge is 2.05. The van der Waals surface area contributed by atoms with Crippen molar-refractivity contribution in [3.8, 4) is 0 Å². The van der Waals surface area contributed by atoms with E-state index in [9.17, 15) is 8.42 Å². The lowest BCUT2D eigenvalue weighted by atomic mass is 10.2. The molecule has 1 aromatic rings. The first-order valence-electron chi connectivity index (χ1n) is 4.21. The lowest BCUT2D eigenvalue weighted by molar-refractivity contribution is 0.602. The van der Waals surface area contributed by atoms with Crippen molar-refractivity contribution in [2.75, 3.05) is 12.8 Å². The van der Waals surface area contributed by atoms with E-state index in [0.717, 1.165) is 5.56 Å². The van der Waals surface area contributed by atoms with Gasteiger partial charge < -0.3 is 5.73 Å². The highest BCUT2D eigenvalue weighted by Crippen LogP contribution is 2.12. The number of hydrogen-bond acceptors (Lipinski definition) is 3. The standard InChI is InChI=1S/C10H13NO2S/c1-14(12,13)10-6-2-4-9(8-10)5-3-7-11/h2-6,8H,7,11H2,1H3. The van der Waals surface area contributed by atoms with Crippen LogP contribution in [-0.4, -0.2) is 21.2 Å². The van der Waals surface area contributed by atoms with Crippen LogP contribution in [0, 0.1) is 0 Å². The molecule has 3 nitrogen and oxygen atoms in total. The van der Waals surface area contributed by atoms with Gasteiger partial charge in [-0.05, 0) is 17.7 Å². The molecule has 0 unspecified atom stereocenters. The third kappa shape index (κ3) is 2.97. The molecule has 0 aliphatic heterocycles. The Morgan fingerprint density at radius 2 is 2.14 bits per heavy atom. The van der Waals surface area contributed by atoms with E-state index in [1.165, 1.54) is 6.26 Å². The average molecular weight is 211 g/mol. The van der Waals surface area contributed by atoms with Gasteiger partial charge in [-0.3, -0.25) is 0 Å². The molecular formula is C10H13NO2S. The Hall–Kier alpha value is -1.13. The first-order valence-corrected chi connectivity index (χ1v) is 6.10. The zero-order valence-corrected chi connectivity index (χ0v) is 8.79. The lowest BCUT2D eigenvalue weighted by Crippen LogP contribution is -1.97. The molecule has 0 fully saturated rings. The quantitative estimate of drug-likeness (QED) is 0.813. The Balaban J connectivity index is 3.08. The van der Waals surface area contributed by atoms with Crippen molar-refractivity contribution < 1.29 is 8.42 Å². The summed E-state index contributed by atoms with van der Waals surface area (Å²) in [6.07, 6.45) is 4.77. The van der Waals surface area contributed by atoms with Gasteiger partial charge in [0.2, 0.25) is 0 Å². The summed E-state index contributed by atoms with van der Waals surface area (Å²) in [6.45, 7) is 0.448. The van der Waals surface area contributed by atoms with Gasteiger partial charge in [0.15, 0.2) is 9.84 Å². The van der Waals surface area contributed by atoms with Gasteiger partial charge in [0.1, 0.15) is 0 Å². The summed E-state index contributed by atoms with van der Waals surface area (Å²) in [5, 5.41) is 0. The predicted octanol–water partition coefficient (Wildman–Crippen LogP) is 1.06. The molecule has 0 heterocycles. The molecule has 1 aromatic carbocycles. The Labute approximate surface area is 84.2 Å². The van der Waals surface area contributed by atoms with Crippen LogP contribution in [0.1, 0.15) is 5.56 Å². The molecule has 0 atom stereocenters. The van der Waals surface area contributed by atoms with Crippen molar-refractivity contribution in [2.45, 2.75) is 4.90 Å². The zero-order valence-electron chi connectivity index (χ0n) is 7.97. The molecule has 0 saturated heterocycles. The van der Waals surface area contributed by atoms with Crippen LogP contribution in [0.15, 0.2) is 35.2 Å². The largest absolute Gasteiger partial charge is 0.327 e. The molecule has 0 radical (unpaired) electrons. The van der Waals surface area contributed by atoms with Crippen molar-refractivity contribution >= 4 is 15.9 Å². The number of sulfone groups is 1. The first kappa shape index (κ1) is 10.9. The third-order valence-corrected chi connectivity index (χ3v) is 2.84. The molecule has 0 aromatic heterocycles. The van der Waals surface area contributed by atoms with Gasteiger partial charge in [-0.1, -0.05) is 24.3 Å². The monoisotopic (exact) mass is 211 g/mol. The van der Waals surface area contributed by atoms with Crippen molar-refractivity contribution in [1.82, 2.24) is 0 Å². The maximum absolute atomic E-state index is 11.2. The normalized spacial score (nSPS) is 12.1. The zero-order chi connectivity index (χ0) is 10.6. The number of hydrogen-bond donors (Lipinski definition) is 1. The summed E-state index contributed by atoms with van der Waals surface area (Å²) in [5.74, 6) is 0. The molecule has 0 aliphatic rings. The smallest absolute Gasteiger partial charge is 0.175 e.